The smallest absolute Gasteiger partial charge is 0.0609 e. The first kappa shape index (κ1) is 10.1. The van der Waals surface area contributed by atoms with Crippen molar-refractivity contribution in [2.24, 2.45) is 23.7 Å². The van der Waals surface area contributed by atoms with E-state index in [1.165, 1.54) is 44.9 Å². The van der Waals surface area contributed by atoms with Gasteiger partial charge in [0.15, 0.2) is 0 Å². The van der Waals surface area contributed by atoms with Gasteiger partial charge in [-0.3, -0.25) is 0 Å². The highest BCUT2D eigenvalue weighted by molar-refractivity contribution is 4.95. The van der Waals surface area contributed by atoms with E-state index in [0.29, 0.717) is 6.10 Å². The average molecular weight is 208 g/mol. The van der Waals surface area contributed by atoms with Crippen LogP contribution in [0.3, 0.4) is 0 Å². The molecule has 2 aliphatic carbocycles. The van der Waals surface area contributed by atoms with Gasteiger partial charge in [-0.1, -0.05) is 32.6 Å². The molecule has 15 heavy (non-hydrogen) atoms. The summed E-state index contributed by atoms with van der Waals surface area (Å²) < 4.78 is 6.01. The minimum Gasteiger partial charge on any atom is -0.378 e. The Balaban J connectivity index is 1.79. The Morgan fingerprint density at radius 3 is 2.80 bits per heavy atom. The second-order valence-electron chi connectivity index (χ2n) is 5.90. The molecular formula is C14H24O. The lowest BCUT2D eigenvalue weighted by Crippen LogP contribution is -2.39. The monoisotopic (exact) mass is 208 g/mol. The van der Waals surface area contributed by atoms with Gasteiger partial charge in [0.05, 0.1) is 12.7 Å². The molecule has 1 saturated heterocycles. The van der Waals surface area contributed by atoms with Crippen LogP contribution in [0.4, 0.5) is 0 Å². The van der Waals surface area contributed by atoms with Crippen LogP contribution in [0.5, 0.6) is 0 Å². The molecule has 5 unspecified atom stereocenters. The molecule has 1 heterocycles. The molecule has 0 bridgehead atoms. The molecule has 2 saturated carbocycles. The van der Waals surface area contributed by atoms with Crippen molar-refractivity contribution in [2.75, 3.05) is 6.61 Å². The standard InChI is InChI=1S/C14H24O/c1-2-10-9-15-13-8-7-11-5-3-4-6-12(11)14(10)13/h10-14H,2-9H2,1H3. The molecule has 0 aromatic rings. The quantitative estimate of drug-likeness (QED) is 0.639. The number of hydrogen-bond acceptors (Lipinski definition) is 1. The van der Waals surface area contributed by atoms with Gasteiger partial charge in [0.1, 0.15) is 0 Å². The Morgan fingerprint density at radius 2 is 1.93 bits per heavy atom. The Bertz CT molecular complexity index is 219. The van der Waals surface area contributed by atoms with E-state index < -0.39 is 0 Å². The fraction of sp³-hybridized carbons (Fsp3) is 1.00. The van der Waals surface area contributed by atoms with Gasteiger partial charge >= 0.3 is 0 Å². The molecule has 3 rings (SSSR count). The van der Waals surface area contributed by atoms with Gasteiger partial charge in [0.25, 0.3) is 0 Å². The summed E-state index contributed by atoms with van der Waals surface area (Å²) in [5.41, 5.74) is 0. The van der Waals surface area contributed by atoms with Crippen LogP contribution in [-0.2, 0) is 4.74 Å². The van der Waals surface area contributed by atoms with Gasteiger partial charge in [0.2, 0.25) is 0 Å². The summed E-state index contributed by atoms with van der Waals surface area (Å²) in [5, 5.41) is 0. The molecule has 3 fully saturated rings. The van der Waals surface area contributed by atoms with Crippen LogP contribution >= 0.6 is 0 Å². The summed E-state index contributed by atoms with van der Waals surface area (Å²) >= 11 is 0. The molecule has 1 heteroatoms. The van der Waals surface area contributed by atoms with E-state index in [1.807, 2.05) is 0 Å². The van der Waals surface area contributed by atoms with Crippen molar-refractivity contribution < 1.29 is 4.74 Å². The fourth-order valence-corrected chi connectivity index (χ4v) is 4.54. The molecule has 0 N–H and O–H groups in total. The molecule has 1 aliphatic heterocycles. The van der Waals surface area contributed by atoms with Gasteiger partial charge in [0, 0.05) is 0 Å². The molecule has 0 amide bonds. The highest BCUT2D eigenvalue weighted by atomic mass is 16.5. The normalized spacial score (nSPS) is 49.8. The number of fused-ring (bicyclic) bond motifs is 3. The summed E-state index contributed by atoms with van der Waals surface area (Å²) in [7, 11) is 0. The van der Waals surface area contributed by atoms with Crippen LogP contribution in [0.1, 0.15) is 51.9 Å². The maximum Gasteiger partial charge on any atom is 0.0609 e. The maximum absolute atomic E-state index is 6.01. The largest absolute Gasteiger partial charge is 0.378 e. The van der Waals surface area contributed by atoms with E-state index in [2.05, 4.69) is 6.92 Å². The van der Waals surface area contributed by atoms with Gasteiger partial charge in [-0.25, -0.2) is 0 Å². The molecule has 0 aromatic heterocycles. The summed E-state index contributed by atoms with van der Waals surface area (Å²) in [6.45, 7) is 3.41. The van der Waals surface area contributed by atoms with E-state index in [9.17, 15) is 0 Å². The van der Waals surface area contributed by atoms with E-state index in [0.717, 1.165) is 30.3 Å². The second-order valence-corrected chi connectivity index (χ2v) is 5.90. The highest BCUT2D eigenvalue weighted by Gasteiger charge is 2.47. The average Bonchev–Trinajstić information content (AvgIpc) is 2.72. The van der Waals surface area contributed by atoms with Crippen molar-refractivity contribution in [1.82, 2.24) is 0 Å². The molecule has 1 nitrogen and oxygen atoms in total. The first-order valence-electron chi connectivity index (χ1n) is 7.01. The predicted molar refractivity (Wildman–Crippen MR) is 61.7 cm³/mol. The number of ether oxygens (including phenoxy) is 1. The van der Waals surface area contributed by atoms with E-state index in [-0.39, 0.29) is 0 Å². The molecule has 5 atom stereocenters. The van der Waals surface area contributed by atoms with E-state index in [1.54, 1.807) is 0 Å². The van der Waals surface area contributed by atoms with Crippen molar-refractivity contribution >= 4 is 0 Å². The zero-order chi connectivity index (χ0) is 10.3. The summed E-state index contributed by atoms with van der Waals surface area (Å²) in [6.07, 6.45) is 10.8. The minimum absolute atomic E-state index is 0.647. The lowest BCUT2D eigenvalue weighted by molar-refractivity contribution is 0.000770. The van der Waals surface area contributed by atoms with Crippen molar-refractivity contribution in [2.45, 2.75) is 58.0 Å². The molecule has 0 spiro atoms. The Hall–Kier alpha value is -0.0400. The maximum atomic E-state index is 6.01. The fourth-order valence-electron chi connectivity index (χ4n) is 4.54. The van der Waals surface area contributed by atoms with Crippen LogP contribution in [-0.4, -0.2) is 12.7 Å². The van der Waals surface area contributed by atoms with Gasteiger partial charge in [-0.15, -0.1) is 0 Å². The van der Waals surface area contributed by atoms with E-state index >= 15 is 0 Å². The van der Waals surface area contributed by atoms with Gasteiger partial charge in [-0.05, 0) is 42.9 Å². The minimum atomic E-state index is 0.647. The first-order valence-corrected chi connectivity index (χ1v) is 7.01. The number of rotatable bonds is 1. The SMILES string of the molecule is CCC1COC2CCC3CCCCC3C12. The second kappa shape index (κ2) is 4.08. The number of hydrogen-bond donors (Lipinski definition) is 0. The molecule has 0 radical (unpaired) electrons. The molecular weight excluding hydrogens is 184 g/mol. The van der Waals surface area contributed by atoms with Crippen LogP contribution < -0.4 is 0 Å². The van der Waals surface area contributed by atoms with Crippen molar-refractivity contribution in [3.63, 3.8) is 0 Å². The van der Waals surface area contributed by atoms with Crippen LogP contribution in [0, 0.1) is 23.7 Å². The summed E-state index contributed by atoms with van der Waals surface area (Å²) in [6, 6.07) is 0. The molecule has 3 aliphatic rings. The summed E-state index contributed by atoms with van der Waals surface area (Å²) in [4.78, 5) is 0. The highest BCUT2D eigenvalue weighted by Crippen LogP contribution is 2.50. The molecule has 86 valence electrons. The Kier molecular flexibility index (Phi) is 2.76. The third kappa shape index (κ3) is 1.63. The van der Waals surface area contributed by atoms with E-state index in [4.69, 9.17) is 4.74 Å². The Labute approximate surface area is 93.6 Å². The van der Waals surface area contributed by atoms with Gasteiger partial charge < -0.3 is 4.74 Å². The predicted octanol–water partition coefficient (Wildman–Crippen LogP) is 3.63. The van der Waals surface area contributed by atoms with Crippen LogP contribution in [0.25, 0.3) is 0 Å². The third-order valence-electron chi connectivity index (χ3n) is 5.31. The molecule has 0 aromatic carbocycles. The van der Waals surface area contributed by atoms with Crippen molar-refractivity contribution in [1.29, 1.82) is 0 Å². The van der Waals surface area contributed by atoms with Gasteiger partial charge in [-0.2, -0.15) is 0 Å². The van der Waals surface area contributed by atoms with Crippen LogP contribution in [0.15, 0.2) is 0 Å². The zero-order valence-corrected chi connectivity index (χ0v) is 9.95. The third-order valence-corrected chi connectivity index (χ3v) is 5.31. The topological polar surface area (TPSA) is 9.23 Å². The summed E-state index contributed by atoms with van der Waals surface area (Å²) in [5.74, 6) is 3.93. The van der Waals surface area contributed by atoms with Crippen molar-refractivity contribution in [3.8, 4) is 0 Å². The first-order chi connectivity index (χ1) is 7.40. The Morgan fingerprint density at radius 1 is 1.07 bits per heavy atom. The lowest BCUT2D eigenvalue weighted by Gasteiger charge is -2.44. The lowest BCUT2D eigenvalue weighted by atomic mass is 9.61. The zero-order valence-electron chi connectivity index (χ0n) is 9.95. The van der Waals surface area contributed by atoms with Crippen LogP contribution in [0.2, 0.25) is 0 Å². The van der Waals surface area contributed by atoms with Crippen molar-refractivity contribution in [3.05, 3.63) is 0 Å².